The van der Waals surface area contributed by atoms with Gasteiger partial charge in [-0.15, -0.1) is 0 Å². The molecule has 1 aromatic carbocycles. The Morgan fingerprint density at radius 3 is 2.76 bits per heavy atom. The number of nitrogens with one attached hydrogen (secondary N) is 1. The van der Waals surface area contributed by atoms with E-state index < -0.39 is 0 Å². The fourth-order valence-corrected chi connectivity index (χ4v) is 1.78. The first-order valence-corrected chi connectivity index (χ1v) is 6.19. The molecule has 0 spiro atoms. The van der Waals surface area contributed by atoms with E-state index >= 15 is 0 Å². The van der Waals surface area contributed by atoms with Crippen molar-refractivity contribution in [1.29, 1.82) is 0 Å². The van der Waals surface area contributed by atoms with Crippen molar-refractivity contribution in [2.45, 2.75) is 13.3 Å². The third-order valence-corrected chi connectivity index (χ3v) is 2.74. The van der Waals surface area contributed by atoms with Gasteiger partial charge in [-0.25, -0.2) is 0 Å². The Balaban J connectivity index is 2.18. The number of aryl methyl sites for hydroxylation is 1. The minimum Gasteiger partial charge on any atom is -0.384 e. The third-order valence-electron chi connectivity index (χ3n) is 2.42. The SMILES string of the molecule is COCCOCCCNc1c(C)cccc1Cl. The topological polar surface area (TPSA) is 30.5 Å². The molecule has 4 heteroatoms. The minimum absolute atomic E-state index is 0.650. The molecule has 0 saturated heterocycles. The molecule has 0 saturated carbocycles. The molecule has 1 aromatic rings. The van der Waals surface area contributed by atoms with Crippen LogP contribution in [0.15, 0.2) is 18.2 Å². The minimum atomic E-state index is 0.650. The Kier molecular flexibility index (Phi) is 7.01. The van der Waals surface area contributed by atoms with Crippen molar-refractivity contribution in [2.24, 2.45) is 0 Å². The molecule has 3 nitrogen and oxygen atoms in total. The summed E-state index contributed by atoms with van der Waals surface area (Å²) in [7, 11) is 1.67. The van der Waals surface area contributed by atoms with Gasteiger partial charge in [0.2, 0.25) is 0 Å². The number of para-hydroxylation sites is 1. The molecule has 0 bridgehead atoms. The normalized spacial score (nSPS) is 10.5. The number of benzene rings is 1. The highest BCUT2D eigenvalue weighted by Crippen LogP contribution is 2.24. The standard InChI is InChI=1S/C13H20ClNO2/c1-11-5-3-6-12(14)13(11)15-7-4-8-17-10-9-16-2/h3,5-6,15H,4,7-10H2,1-2H3. The van der Waals surface area contributed by atoms with Gasteiger partial charge in [0.05, 0.1) is 23.9 Å². The van der Waals surface area contributed by atoms with Gasteiger partial charge in [0.25, 0.3) is 0 Å². The molecular formula is C13H20ClNO2. The van der Waals surface area contributed by atoms with E-state index in [4.69, 9.17) is 21.1 Å². The second-order valence-corrected chi connectivity index (χ2v) is 4.22. The van der Waals surface area contributed by atoms with Gasteiger partial charge in [-0.3, -0.25) is 0 Å². The summed E-state index contributed by atoms with van der Waals surface area (Å²) in [6.45, 7) is 4.94. The Bertz CT molecular complexity index is 311. The lowest BCUT2D eigenvalue weighted by molar-refractivity contribution is 0.0705. The van der Waals surface area contributed by atoms with Crippen LogP contribution in [0.3, 0.4) is 0 Å². The molecule has 0 radical (unpaired) electrons. The maximum Gasteiger partial charge on any atom is 0.0700 e. The molecule has 1 rings (SSSR count). The van der Waals surface area contributed by atoms with E-state index in [0.29, 0.717) is 13.2 Å². The summed E-state index contributed by atoms with van der Waals surface area (Å²) >= 11 is 6.10. The maximum atomic E-state index is 6.10. The number of hydrogen-bond donors (Lipinski definition) is 1. The average molecular weight is 258 g/mol. The first-order valence-electron chi connectivity index (χ1n) is 5.81. The highest BCUT2D eigenvalue weighted by atomic mass is 35.5. The summed E-state index contributed by atoms with van der Waals surface area (Å²) < 4.78 is 10.3. The summed E-state index contributed by atoms with van der Waals surface area (Å²) in [6, 6.07) is 5.89. The third kappa shape index (κ3) is 5.39. The van der Waals surface area contributed by atoms with Crippen molar-refractivity contribution < 1.29 is 9.47 Å². The molecule has 0 aliphatic carbocycles. The van der Waals surface area contributed by atoms with Crippen LogP contribution in [0.2, 0.25) is 5.02 Å². The van der Waals surface area contributed by atoms with Crippen molar-refractivity contribution >= 4 is 17.3 Å². The van der Waals surface area contributed by atoms with Gasteiger partial charge in [0.1, 0.15) is 0 Å². The summed E-state index contributed by atoms with van der Waals surface area (Å²) in [4.78, 5) is 0. The van der Waals surface area contributed by atoms with Crippen LogP contribution in [0.25, 0.3) is 0 Å². The molecule has 0 heterocycles. The first-order chi connectivity index (χ1) is 8.25. The van der Waals surface area contributed by atoms with E-state index in [1.165, 1.54) is 0 Å². The molecule has 0 amide bonds. The second-order valence-electron chi connectivity index (χ2n) is 3.82. The first kappa shape index (κ1) is 14.3. The zero-order valence-corrected chi connectivity index (χ0v) is 11.2. The van der Waals surface area contributed by atoms with Gasteiger partial charge in [-0.05, 0) is 25.0 Å². The molecule has 0 fully saturated rings. The van der Waals surface area contributed by atoms with Gasteiger partial charge in [-0.2, -0.15) is 0 Å². The summed E-state index contributed by atoms with van der Waals surface area (Å²) in [5.74, 6) is 0. The summed E-state index contributed by atoms with van der Waals surface area (Å²) in [6.07, 6.45) is 0.953. The van der Waals surface area contributed by atoms with E-state index in [1.54, 1.807) is 7.11 Å². The fraction of sp³-hybridized carbons (Fsp3) is 0.538. The fourth-order valence-electron chi connectivity index (χ4n) is 1.49. The Hall–Kier alpha value is -0.770. The highest BCUT2D eigenvalue weighted by molar-refractivity contribution is 6.33. The molecule has 0 unspecified atom stereocenters. The molecular weight excluding hydrogens is 238 g/mol. The lowest BCUT2D eigenvalue weighted by atomic mass is 10.2. The van der Waals surface area contributed by atoms with Gasteiger partial charge in [0.15, 0.2) is 0 Å². The molecule has 96 valence electrons. The van der Waals surface area contributed by atoms with E-state index in [2.05, 4.69) is 5.32 Å². The number of ether oxygens (including phenoxy) is 2. The Labute approximate surface area is 108 Å². The van der Waals surface area contributed by atoms with Crippen LogP contribution in [-0.4, -0.2) is 33.5 Å². The van der Waals surface area contributed by atoms with Crippen LogP contribution >= 0.6 is 11.6 Å². The number of anilines is 1. The molecule has 0 aliphatic rings. The number of halogens is 1. The number of rotatable bonds is 8. The Morgan fingerprint density at radius 1 is 1.24 bits per heavy atom. The zero-order valence-electron chi connectivity index (χ0n) is 10.5. The molecule has 0 aliphatic heterocycles. The van der Waals surface area contributed by atoms with Crippen LogP contribution < -0.4 is 5.32 Å². The van der Waals surface area contributed by atoms with Crippen LogP contribution in [0.4, 0.5) is 5.69 Å². The van der Waals surface area contributed by atoms with E-state index in [9.17, 15) is 0 Å². The van der Waals surface area contributed by atoms with Crippen molar-refractivity contribution in [3.63, 3.8) is 0 Å². The average Bonchev–Trinajstić information content (AvgIpc) is 2.31. The predicted octanol–water partition coefficient (Wildman–Crippen LogP) is 3.11. The van der Waals surface area contributed by atoms with E-state index in [-0.39, 0.29) is 0 Å². The second kappa shape index (κ2) is 8.34. The molecule has 1 N–H and O–H groups in total. The van der Waals surface area contributed by atoms with Crippen molar-refractivity contribution in [3.05, 3.63) is 28.8 Å². The number of methoxy groups -OCH3 is 1. The van der Waals surface area contributed by atoms with E-state index in [1.807, 2.05) is 25.1 Å². The zero-order chi connectivity index (χ0) is 12.5. The summed E-state index contributed by atoms with van der Waals surface area (Å²) in [5, 5.41) is 4.10. The molecule has 0 aromatic heterocycles. The highest BCUT2D eigenvalue weighted by Gasteiger charge is 2.01. The monoisotopic (exact) mass is 257 g/mol. The van der Waals surface area contributed by atoms with Gasteiger partial charge in [0, 0.05) is 20.3 Å². The van der Waals surface area contributed by atoms with Crippen molar-refractivity contribution in [2.75, 3.05) is 38.8 Å². The molecule has 17 heavy (non-hydrogen) atoms. The smallest absolute Gasteiger partial charge is 0.0700 e. The van der Waals surface area contributed by atoms with Crippen LogP contribution in [-0.2, 0) is 9.47 Å². The van der Waals surface area contributed by atoms with Crippen molar-refractivity contribution in [1.82, 2.24) is 0 Å². The van der Waals surface area contributed by atoms with Crippen LogP contribution in [0, 0.1) is 6.92 Å². The van der Waals surface area contributed by atoms with Gasteiger partial charge >= 0.3 is 0 Å². The van der Waals surface area contributed by atoms with Gasteiger partial charge in [-0.1, -0.05) is 23.7 Å². The Morgan fingerprint density at radius 2 is 2.06 bits per heavy atom. The van der Waals surface area contributed by atoms with Gasteiger partial charge < -0.3 is 14.8 Å². The van der Waals surface area contributed by atoms with Crippen molar-refractivity contribution in [3.8, 4) is 0 Å². The lowest BCUT2D eigenvalue weighted by Crippen LogP contribution is -2.09. The quantitative estimate of drug-likeness (QED) is 0.726. The molecule has 0 atom stereocenters. The maximum absolute atomic E-state index is 6.10. The number of hydrogen-bond acceptors (Lipinski definition) is 3. The summed E-state index contributed by atoms with van der Waals surface area (Å²) in [5.41, 5.74) is 2.18. The van der Waals surface area contributed by atoms with Crippen LogP contribution in [0.5, 0.6) is 0 Å². The van der Waals surface area contributed by atoms with Crippen LogP contribution in [0.1, 0.15) is 12.0 Å². The lowest BCUT2D eigenvalue weighted by Gasteiger charge is -2.11. The van der Waals surface area contributed by atoms with E-state index in [0.717, 1.165) is 35.8 Å². The predicted molar refractivity (Wildman–Crippen MR) is 72.0 cm³/mol. The largest absolute Gasteiger partial charge is 0.384 e.